The van der Waals surface area contributed by atoms with E-state index in [0.29, 0.717) is 23.4 Å². The fraction of sp³-hybridized carbons (Fsp3) is 0.0667. The number of fused-ring (bicyclic) bond motifs is 1. The largest absolute Gasteiger partial charge is 0.342 e. The van der Waals surface area contributed by atoms with Crippen LogP contribution in [-0.2, 0) is 6.42 Å². The van der Waals surface area contributed by atoms with E-state index in [1.807, 2.05) is 24.3 Å². The molecular weight excluding hydrogens is 283 g/mol. The molecule has 2 aromatic heterocycles. The average molecular weight is 294 g/mol. The summed E-state index contributed by atoms with van der Waals surface area (Å²) >= 11 is 0. The molecule has 0 aliphatic heterocycles. The third-order valence-electron chi connectivity index (χ3n) is 3.45. The number of aromatic nitrogens is 6. The van der Waals surface area contributed by atoms with E-state index in [1.165, 1.54) is 6.07 Å². The van der Waals surface area contributed by atoms with Crippen molar-refractivity contribution in [3.05, 3.63) is 59.7 Å². The van der Waals surface area contributed by atoms with Crippen LogP contribution in [0.4, 0.5) is 4.39 Å². The molecule has 0 aliphatic carbocycles. The Kier molecular flexibility index (Phi) is 2.89. The Labute approximate surface area is 124 Å². The molecule has 0 atom stereocenters. The third kappa shape index (κ3) is 2.22. The number of benzene rings is 2. The van der Waals surface area contributed by atoms with Crippen LogP contribution >= 0.6 is 0 Å². The SMILES string of the molecule is Fc1cc(-c2nn[nH]n2)ccc1Cc1nc2ccccc2[nH]1. The summed E-state index contributed by atoms with van der Waals surface area (Å²) in [4.78, 5) is 7.66. The topological polar surface area (TPSA) is 83.1 Å². The van der Waals surface area contributed by atoms with E-state index in [0.717, 1.165) is 16.9 Å². The molecule has 0 saturated carbocycles. The first-order chi connectivity index (χ1) is 10.8. The lowest BCUT2D eigenvalue weighted by Crippen LogP contribution is -1.95. The minimum atomic E-state index is -0.317. The molecule has 0 unspecified atom stereocenters. The maximum atomic E-state index is 14.3. The van der Waals surface area contributed by atoms with E-state index in [9.17, 15) is 4.39 Å². The second kappa shape index (κ2) is 5.03. The van der Waals surface area contributed by atoms with Gasteiger partial charge in [0.25, 0.3) is 0 Å². The zero-order chi connectivity index (χ0) is 14.9. The van der Waals surface area contributed by atoms with E-state index in [1.54, 1.807) is 12.1 Å². The second-order valence-corrected chi connectivity index (χ2v) is 4.92. The van der Waals surface area contributed by atoms with Gasteiger partial charge in [-0.25, -0.2) is 9.37 Å². The lowest BCUT2D eigenvalue weighted by molar-refractivity contribution is 0.613. The van der Waals surface area contributed by atoms with Crippen LogP contribution in [-0.4, -0.2) is 30.6 Å². The maximum Gasteiger partial charge on any atom is 0.204 e. The number of nitrogens with zero attached hydrogens (tertiary/aromatic N) is 4. The first kappa shape index (κ1) is 12.6. The lowest BCUT2D eigenvalue weighted by Gasteiger charge is -2.02. The standard InChI is InChI=1S/C15H11FN6/c16-11-7-10(15-19-21-22-20-15)6-5-9(11)8-14-17-12-3-1-2-4-13(12)18-14/h1-7H,8H2,(H,17,18)(H,19,20,21,22). The number of halogens is 1. The number of tetrazole rings is 1. The third-order valence-corrected chi connectivity index (χ3v) is 3.45. The van der Waals surface area contributed by atoms with Crippen molar-refractivity contribution < 1.29 is 4.39 Å². The van der Waals surface area contributed by atoms with Crippen LogP contribution in [0.25, 0.3) is 22.4 Å². The smallest absolute Gasteiger partial charge is 0.204 e. The molecule has 0 aliphatic rings. The predicted molar refractivity (Wildman–Crippen MR) is 78.5 cm³/mol. The van der Waals surface area contributed by atoms with Crippen LogP contribution in [0.3, 0.4) is 0 Å². The summed E-state index contributed by atoms with van der Waals surface area (Å²) in [5, 5.41) is 13.5. The average Bonchev–Trinajstić information content (AvgIpc) is 3.17. The van der Waals surface area contributed by atoms with E-state index in [-0.39, 0.29) is 5.82 Å². The zero-order valence-corrected chi connectivity index (χ0v) is 11.4. The number of hydrogen-bond acceptors (Lipinski definition) is 4. The van der Waals surface area contributed by atoms with Crippen LogP contribution in [0.15, 0.2) is 42.5 Å². The Morgan fingerprint density at radius 2 is 2.00 bits per heavy atom. The molecular formula is C15H11FN6. The second-order valence-electron chi connectivity index (χ2n) is 4.92. The quantitative estimate of drug-likeness (QED) is 0.608. The van der Waals surface area contributed by atoms with Crippen LogP contribution in [0.1, 0.15) is 11.4 Å². The molecule has 2 N–H and O–H groups in total. The van der Waals surface area contributed by atoms with Crippen molar-refractivity contribution >= 4 is 11.0 Å². The number of para-hydroxylation sites is 2. The fourth-order valence-corrected chi connectivity index (χ4v) is 2.38. The molecule has 2 heterocycles. The van der Waals surface area contributed by atoms with Crippen molar-refractivity contribution in [2.24, 2.45) is 0 Å². The highest BCUT2D eigenvalue weighted by molar-refractivity contribution is 5.74. The van der Waals surface area contributed by atoms with E-state index >= 15 is 0 Å². The molecule has 4 rings (SSSR count). The molecule has 0 spiro atoms. The van der Waals surface area contributed by atoms with E-state index in [4.69, 9.17) is 0 Å². The molecule has 6 nitrogen and oxygen atoms in total. The summed E-state index contributed by atoms with van der Waals surface area (Å²) in [6.45, 7) is 0. The van der Waals surface area contributed by atoms with Gasteiger partial charge in [-0.15, -0.1) is 10.2 Å². The molecule has 0 saturated heterocycles. The Balaban J connectivity index is 1.65. The molecule has 2 aromatic carbocycles. The van der Waals surface area contributed by atoms with E-state index in [2.05, 4.69) is 30.6 Å². The Morgan fingerprint density at radius 3 is 2.77 bits per heavy atom. The molecule has 22 heavy (non-hydrogen) atoms. The number of nitrogens with one attached hydrogen (secondary N) is 2. The van der Waals surface area contributed by atoms with Crippen LogP contribution in [0, 0.1) is 5.82 Å². The molecule has 4 aromatic rings. The highest BCUT2D eigenvalue weighted by Gasteiger charge is 2.10. The Hall–Kier alpha value is -3.09. The van der Waals surface area contributed by atoms with Gasteiger partial charge < -0.3 is 4.98 Å². The number of hydrogen-bond donors (Lipinski definition) is 2. The minimum Gasteiger partial charge on any atom is -0.342 e. The number of imidazole rings is 1. The Morgan fingerprint density at radius 1 is 1.09 bits per heavy atom. The number of H-pyrrole nitrogens is 2. The van der Waals surface area contributed by atoms with Crippen LogP contribution in [0.2, 0.25) is 0 Å². The van der Waals surface area contributed by atoms with Crippen molar-refractivity contribution in [1.29, 1.82) is 0 Å². The maximum absolute atomic E-state index is 14.3. The molecule has 0 amide bonds. The minimum absolute atomic E-state index is 0.317. The van der Waals surface area contributed by atoms with Gasteiger partial charge >= 0.3 is 0 Å². The van der Waals surface area contributed by atoms with Gasteiger partial charge in [0, 0.05) is 12.0 Å². The molecule has 7 heteroatoms. The molecule has 0 radical (unpaired) electrons. The fourth-order valence-electron chi connectivity index (χ4n) is 2.38. The molecule has 0 fully saturated rings. The van der Waals surface area contributed by atoms with Gasteiger partial charge in [-0.1, -0.05) is 24.3 Å². The summed E-state index contributed by atoms with van der Waals surface area (Å²) in [6, 6.07) is 12.6. The van der Waals surface area contributed by atoms with Gasteiger partial charge in [0.05, 0.1) is 11.0 Å². The first-order valence-electron chi connectivity index (χ1n) is 6.75. The van der Waals surface area contributed by atoms with Gasteiger partial charge in [-0.2, -0.15) is 5.21 Å². The molecule has 0 bridgehead atoms. The number of rotatable bonds is 3. The lowest BCUT2D eigenvalue weighted by atomic mass is 10.1. The highest BCUT2D eigenvalue weighted by Crippen LogP contribution is 2.20. The van der Waals surface area contributed by atoms with Gasteiger partial charge in [0.2, 0.25) is 5.82 Å². The monoisotopic (exact) mass is 294 g/mol. The highest BCUT2D eigenvalue weighted by atomic mass is 19.1. The van der Waals surface area contributed by atoms with Gasteiger partial charge in [0.1, 0.15) is 11.6 Å². The predicted octanol–water partition coefficient (Wildman–Crippen LogP) is 2.47. The summed E-state index contributed by atoms with van der Waals surface area (Å²) < 4.78 is 14.3. The zero-order valence-electron chi connectivity index (χ0n) is 11.4. The van der Waals surface area contributed by atoms with Crippen molar-refractivity contribution in [2.75, 3.05) is 0 Å². The summed E-state index contributed by atoms with van der Waals surface area (Å²) in [5.74, 6) is 0.782. The van der Waals surface area contributed by atoms with Gasteiger partial charge in [-0.3, -0.25) is 0 Å². The summed E-state index contributed by atoms with van der Waals surface area (Å²) in [7, 11) is 0. The van der Waals surface area contributed by atoms with Crippen molar-refractivity contribution in [1.82, 2.24) is 30.6 Å². The number of aromatic amines is 2. The van der Waals surface area contributed by atoms with E-state index < -0.39 is 0 Å². The summed E-state index contributed by atoms with van der Waals surface area (Å²) in [5.41, 5.74) is 2.97. The van der Waals surface area contributed by atoms with Crippen LogP contribution < -0.4 is 0 Å². The van der Waals surface area contributed by atoms with Gasteiger partial charge in [0.15, 0.2) is 0 Å². The van der Waals surface area contributed by atoms with Gasteiger partial charge in [-0.05, 0) is 29.0 Å². The first-order valence-corrected chi connectivity index (χ1v) is 6.75. The molecule has 108 valence electrons. The van der Waals surface area contributed by atoms with Crippen molar-refractivity contribution in [3.63, 3.8) is 0 Å². The summed E-state index contributed by atoms with van der Waals surface area (Å²) in [6.07, 6.45) is 0.396. The van der Waals surface area contributed by atoms with Crippen LogP contribution in [0.5, 0.6) is 0 Å². The normalized spacial score (nSPS) is 11.1. The van der Waals surface area contributed by atoms with Crippen molar-refractivity contribution in [3.8, 4) is 11.4 Å². The van der Waals surface area contributed by atoms with Crippen molar-refractivity contribution in [2.45, 2.75) is 6.42 Å². The Bertz CT molecular complexity index is 895.